The van der Waals surface area contributed by atoms with Crippen LogP contribution in [0.2, 0.25) is 0 Å². The minimum absolute atomic E-state index is 0.255. The minimum atomic E-state index is 0.255. The van der Waals surface area contributed by atoms with Crippen LogP contribution in [0, 0.1) is 0 Å². The normalized spacial score (nSPS) is 21.1. The molecule has 0 aliphatic carbocycles. The molecule has 1 aliphatic heterocycles. The summed E-state index contributed by atoms with van der Waals surface area (Å²) in [4.78, 5) is 4.26. The molecule has 0 aromatic heterocycles. The summed E-state index contributed by atoms with van der Waals surface area (Å²) in [7, 11) is 0. The summed E-state index contributed by atoms with van der Waals surface area (Å²) in [5.41, 5.74) is 0. The highest BCUT2D eigenvalue weighted by Gasteiger charge is 2.02. The van der Waals surface area contributed by atoms with Crippen LogP contribution in [0.15, 0.2) is 17.1 Å². The minimum Gasteiger partial charge on any atom is -0.287 e. The van der Waals surface area contributed by atoms with Gasteiger partial charge in [0.05, 0.1) is 0 Å². The smallest absolute Gasteiger partial charge is 0.118 e. The first-order valence-electron chi connectivity index (χ1n) is 5.85. The summed E-state index contributed by atoms with van der Waals surface area (Å²) in [6, 6.07) is 0. The zero-order valence-corrected chi connectivity index (χ0v) is 9.21. The van der Waals surface area contributed by atoms with Crippen molar-refractivity contribution in [3.05, 3.63) is 12.2 Å². The van der Waals surface area contributed by atoms with Gasteiger partial charge in [-0.15, -0.1) is 0 Å². The van der Waals surface area contributed by atoms with Crippen molar-refractivity contribution in [3.63, 3.8) is 0 Å². The molecule has 0 fully saturated rings. The Bertz CT molecular complexity index is 185. The number of nitrogens with zero attached hydrogens (tertiary/aromatic N) is 1. The van der Waals surface area contributed by atoms with Crippen LogP contribution in [-0.4, -0.2) is 18.9 Å². The molecule has 0 amide bonds. The highest BCUT2D eigenvalue weighted by atomic mass is 15.1. The Morgan fingerprint density at radius 2 is 2.21 bits per heavy atom. The van der Waals surface area contributed by atoms with Crippen LogP contribution in [0.1, 0.15) is 45.4 Å². The maximum atomic E-state index is 4.26. The molecule has 1 rings (SSSR count). The number of aliphatic imine (C=N–C) groups is 1. The van der Waals surface area contributed by atoms with Crippen molar-refractivity contribution in [2.75, 3.05) is 6.54 Å². The zero-order chi connectivity index (χ0) is 10.1. The van der Waals surface area contributed by atoms with E-state index in [9.17, 15) is 0 Å². The van der Waals surface area contributed by atoms with Crippen LogP contribution in [0.5, 0.6) is 0 Å². The van der Waals surface area contributed by atoms with E-state index in [0.29, 0.717) is 0 Å². The van der Waals surface area contributed by atoms with Gasteiger partial charge in [-0.3, -0.25) is 10.3 Å². The highest BCUT2D eigenvalue weighted by molar-refractivity contribution is 5.62. The predicted molar refractivity (Wildman–Crippen MR) is 62.8 cm³/mol. The Kier molecular flexibility index (Phi) is 6.33. The molecule has 2 heteroatoms. The van der Waals surface area contributed by atoms with E-state index in [1.54, 1.807) is 0 Å². The van der Waals surface area contributed by atoms with Crippen LogP contribution in [0.3, 0.4) is 0 Å². The molecule has 0 aromatic rings. The fraction of sp³-hybridized carbons (Fsp3) is 0.750. The standard InChI is InChI=1S/C12H22N2/c1-2-3-4-5-6-7-8-9-12-13-10-11-14-12/h8-10,12,14H,2-7,11H2,1H3/b9-8+. The van der Waals surface area contributed by atoms with Crippen molar-refractivity contribution >= 4 is 6.21 Å². The Labute approximate surface area is 87.5 Å². The predicted octanol–water partition coefficient (Wildman–Crippen LogP) is 2.90. The van der Waals surface area contributed by atoms with Gasteiger partial charge in [0.1, 0.15) is 6.17 Å². The fourth-order valence-corrected chi connectivity index (χ4v) is 1.60. The van der Waals surface area contributed by atoms with E-state index in [1.165, 1.54) is 38.5 Å². The molecule has 0 saturated heterocycles. The van der Waals surface area contributed by atoms with E-state index in [1.807, 2.05) is 6.21 Å². The van der Waals surface area contributed by atoms with E-state index >= 15 is 0 Å². The first kappa shape index (κ1) is 11.4. The lowest BCUT2D eigenvalue weighted by molar-refractivity contribution is 0.635. The molecule has 1 heterocycles. The molecule has 14 heavy (non-hydrogen) atoms. The lowest BCUT2D eigenvalue weighted by atomic mass is 10.1. The van der Waals surface area contributed by atoms with Crippen LogP contribution in [0.25, 0.3) is 0 Å². The molecule has 1 unspecified atom stereocenters. The van der Waals surface area contributed by atoms with Crippen molar-refractivity contribution in [3.8, 4) is 0 Å². The lowest BCUT2D eigenvalue weighted by Gasteiger charge is -2.00. The van der Waals surface area contributed by atoms with Gasteiger partial charge in [-0.25, -0.2) is 0 Å². The molecule has 0 saturated carbocycles. The molecule has 0 aromatic carbocycles. The first-order valence-corrected chi connectivity index (χ1v) is 5.85. The number of unbranched alkanes of at least 4 members (excludes halogenated alkanes) is 5. The Morgan fingerprint density at radius 1 is 1.36 bits per heavy atom. The second-order valence-electron chi connectivity index (χ2n) is 3.82. The Hall–Kier alpha value is -0.630. The monoisotopic (exact) mass is 194 g/mol. The zero-order valence-electron chi connectivity index (χ0n) is 9.21. The van der Waals surface area contributed by atoms with Crippen molar-refractivity contribution in [1.29, 1.82) is 0 Å². The number of rotatable bonds is 7. The summed E-state index contributed by atoms with van der Waals surface area (Å²) >= 11 is 0. The second kappa shape index (κ2) is 7.74. The Morgan fingerprint density at radius 3 is 2.93 bits per heavy atom. The Balaban J connectivity index is 1.90. The van der Waals surface area contributed by atoms with Crippen molar-refractivity contribution in [1.82, 2.24) is 5.32 Å². The van der Waals surface area contributed by atoms with E-state index < -0.39 is 0 Å². The fourth-order valence-electron chi connectivity index (χ4n) is 1.60. The van der Waals surface area contributed by atoms with Crippen LogP contribution < -0.4 is 5.32 Å². The molecule has 0 spiro atoms. The van der Waals surface area contributed by atoms with Gasteiger partial charge in [-0.1, -0.05) is 38.7 Å². The summed E-state index contributed by atoms with van der Waals surface area (Å²) in [6.07, 6.45) is 14.6. The van der Waals surface area contributed by atoms with Crippen LogP contribution >= 0.6 is 0 Å². The van der Waals surface area contributed by atoms with Crippen molar-refractivity contribution in [2.45, 2.75) is 51.6 Å². The summed E-state index contributed by atoms with van der Waals surface area (Å²) < 4.78 is 0. The number of hydrogen-bond acceptors (Lipinski definition) is 2. The molecule has 80 valence electrons. The van der Waals surface area contributed by atoms with Crippen molar-refractivity contribution in [2.24, 2.45) is 4.99 Å². The van der Waals surface area contributed by atoms with Crippen LogP contribution in [-0.2, 0) is 0 Å². The number of nitrogens with one attached hydrogen (secondary N) is 1. The van der Waals surface area contributed by atoms with Gasteiger partial charge in [0.25, 0.3) is 0 Å². The van der Waals surface area contributed by atoms with Gasteiger partial charge >= 0.3 is 0 Å². The maximum Gasteiger partial charge on any atom is 0.118 e. The second-order valence-corrected chi connectivity index (χ2v) is 3.82. The average molecular weight is 194 g/mol. The largest absolute Gasteiger partial charge is 0.287 e. The van der Waals surface area contributed by atoms with E-state index in [0.717, 1.165) is 6.54 Å². The molecule has 1 aliphatic rings. The third-order valence-electron chi connectivity index (χ3n) is 2.48. The van der Waals surface area contributed by atoms with E-state index in [2.05, 4.69) is 29.4 Å². The average Bonchev–Trinajstić information content (AvgIpc) is 2.69. The molecular formula is C12H22N2. The van der Waals surface area contributed by atoms with Gasteiger partial charge in [-0.2, -0.15) is 0 Å². The maximum absolute atomic E-state index is 4.26. The van der Waals surface area contributed by atoms with Gasteiger partial charge < -0.3 is 0 Å². The lowest BCUT2D eigenvalue weighted by Crippen LogP contribution is -2.19. The van der Waals surface area contributed by atoms with Gasteiger partial charge in [-0.05, 0) is 18.9 Å². The molecular weight excluding hydrogens is 172 g/mol. The SMILES string of the molecule is CCCCCCC/C=C/C1N=CCN1. The molecule has 0 bridgehead atoms. The van der Waals surface area contributed by atoms with E-state index in [4.69, 9.17) is 0 Å². The topological polar surface area (TPSA) is 24.4 Å². The quantitative estimate of drug-likeness (QED) is 0.489. The van der Waals surface area contributed by atoms with Gasteiger partial charge in [0.15, 0.2) is 0 Å². The first-order chi connectivity index (χ1) is 6.93. The summed E-state index contributed by atoms with van der Waals surface area (Å²) in [5.74, 6) is 0. The summed E-state index contributed by atoms with van der Waals surface area (Å²) in [6.45, 7) is 3.18. The highest BCUT2D eigenvalue weighted by Crippen LogP contribution is 2.05. The molecule has 1 atom stereocenters. The van der Waals surface area contributed by atoms with Gasteiger partial charge in [0.2, 0.25) is 0 Å². The molecule has 2 nitrogen and oxygen atoms in total. The van der Waals surface area contributed by atoms with E-state index in [-0.39, 0.29) is 6.17 Å². The van der Waals surface area contributed by atoms with Crippen molar-refractivity contribution < 1.29 is 0 Å². The van der Waals surface area contributed by atoms with Gasteiger partial charge in [0, 0.05) is 12.8 Å². The third-order valence-corrected chi connectivity index (χ3v) is 2.48. The molecule has 1 N–H and O–H groups in total. The third kappa shape index (κ3) is 5.18. The number of hydrogen-bond donors (Lipinski definition) is 1. The van der Waals surface area contributed by atoms with Crippen LogP contribution in [0.4, 0.5) is 0 Å². The molecule has 0 radical (unpaired) electrons. The number of allylic oxidation sites excluding steroid dienone is 1. The summed E-state index contributed by atoms with van der Waals surface area (Å²) in [5, 5.41) is 3.26.